The van der Waals surface area contributed by atoms with Gasteiger partial charge in [-0.25, -0.2) is 0 Å². The Morgan fingerprint density at radius 1 is 0.674 bits per heavy atom. The van der Waals surface area contributed by atoms with Gasteiger partial charge in [0.05, 0.1) is 0 Å². The average Bonchev–Trinajstić information content (AvgIpc) is 3.63. The molecule has 3 atom stereocenters. The maximum atomic E-state index is 11.4. The molecule has 0 radical (unpaired) electrons. The van der Waals surface area contributed by atoms with Crippen LogP contribution in [0.15, 0.2) is 87.7 Å². The van der Waals surface area contributed by atoms with Gasteiger partial charge < -0.3 is 18.3 Å². The van der Waals surface area contributed by atoms with Crippen LogP contribution in [0, 0.1) is 19.8 Å². The third-order valence-corrected chi connectivity index (χ3v) is 9.55. The Labute approximate surface area is 267 Å². The molecule has 4 aromatic carbocycles. The van der Waals surface area contributed by atoms with Crippen LogP contribution < -0.4 is 9.47 Å². The summed E-state index contributed by atoms with van der Waals surface area (Å²) in [4.78, 5) is 22.7. The standard InChI is InChI=1S/C40H36O6/c1-7-31-21(2)38(28-12-17-36-32(18-28)22(3)39(45-36)26-8-13-29(14-9-26)43-24(5)41)35-20-37-33(19-34(31)35)23(4)40(46-37)27-10-15-30(16-11-27)44-25(6)42/h8-21,31,38H,7H2,1-6H3/t21-,31-,38-/m1/s1. The maximum Gasteiger partial charge on any atom is 0.308 e. The van der Waals surface area contributed by atoms with Gasteiger partial charge in [0.25, 0.3) is 0 Å². The fraction of sp³-hybridized carbons (Fsp3) is 0.250. The van der Waals surface area contributed by atoms with Crippen molar-refractivity contribution in [3.63, 3.8) is 0 Å². The van der Waals surface area contributed by atoms with Crippen LogP contribution in [0.25, 0.3) is 44.6 Å². The highest BCUT2D eigenvalue weighted by atomic mass is 16.5. The molecule has 0 unspecified atom stereocenters. The van der Waals surface area contributed by atoms with Gasteiger partial charge in [-0.2, -0.15) is 0 Å². The van der Waals surface area contributed by atoms with Crippen molar-refractivity contribution in [2.75, 3.05) is 0 Å². The van der Waals surface area contributed by atoms with Crippen molar-refractivity contribution in [3.8, 4) is 34.1 Å². The second-order valence-electron chi connectivity index (χ2n) is 12.4. The number of furan rings is 2. The molecule has 0 saturated carbocycles. The number of carbonyl (C=O) groups excluding carboxylic acids is 2. The largest absolute Gasteiger partial charge is 0.456 e. The van der Waals surface area contributed by atoms with E-state index in [1.807, 2.05) is 24.3 Å². The number of hydrogen-bond acceptors (Lipinski definition) is 6. The summed E-state index contributed by atoms with van der Waals surface area (Å²) in [5, 5.41) is 2.23. The Morgan fingerprint density at radius 3 is 1.72 bits per heavy atom. The quantitative estimate of drug-likeness (QED) is 0.138. The van der Waals surface area contributed by atoms with E-state index in [2.05, 4.69) is 58.0 Å². The van der Waals surface area contributed by atoms with Crippen molar-refractivity contribution in [1.82, 2.24) is 0 Å². The predicted octanol–water partition coefficient (Wildman–Crippen LogP) is 10.3. The lowest BCUT2D eigenvalue weighted by molar-refractivity contribution is -0.132. The lowest BCUT2D eigenvalue weighted by Crippen LogP contribution is -2.09. The van der Waals surface area contributed by atoms with Crippen LogP contribution in [0.3, 0.4) is 0 Å². The summed E-state index contributed by atoms with van der Waals surface area (Å²) in [6, 6.07) is 26.1. The molecule has 232 valence electrons. The lowest BCUT2D eigenvalue weighted by Gasteiger charge is -2.21. The molecule has 0 amide bonds. The van der Waals surface area contributed by atoms with Gasteiger partial charge in [0.2, 0.25) is 0 Å². The van der Waals surface area contributed by atoms with Crippen LogP contribution in [0.2, 0.25) is 0 Å². The van der Waals surface area contributed by atoms with Crippen LogP contribution in [-0.2, 0) is 9.59 Å². The highest BCUT2D eigenvalue weighted by Crippen LogP contribution is 2.53. The van der Waals surface area contributed by atoms with Gasteiger partial charge in [-0.15, -0.1) is 0 Å². The van der Waals surface area contributed by atoms with Gasteiger partial charge in [-0.05, 0) is 122 Å². The molecule has 0 bridgehead atoms. The summed E-state index contributed by atoms with van der Waals surface area (Å²) in [7, 11) is 0. The lowest BCUT2D eigenvalue weighted by atomic mass is 9.82. The van der Waals surface area contributed by atoms with Crippen LogP contribution in [-0.4, -0.2) is 11.9 Å². The first-order chi connectivity index (χ1) is 22.1. The van der Waals surface area contributed by atoms with Gasteiger partial charge in [-0.1, -0.05) is 19.9 Å². The second kappa shape index (κ2) is 11.4. The molecule has 6 aromatic rings. The van der Waals surface area contributed by atoms with E-state index >= 15 is 0 Å². The molecule has 7 rings (SSSR count). The Kier molecular flexibility index (Phi) is 7.31. The van der Waals surface area contributed by atoms with Crippen molar-refractivity contribution in [2.24, 2.45) is 5.92 Å². The summed E-state index contributed by atoms with van der Waals surface area (Å²) < 4.78 is 23.3. The van der Waals surface area contributed by atoms with Gasteiger partial charge in [-0.3, -0.25) is 9.59 Å². The van der Waals surface area contributed by atoms with Crippen molar-refractivity contribution >= 4 is 33.9 Å². The number of aryl methyl sites for hydroxylation is 2. The fourth-order valence-corrected chi connectivity index (χ4v) is 7.43. The van der Waals surface area contributed by atoms with Crippen LogP contribution in [0.5, 0.6) is 11.5 Å². The molecule has 2 heterocycles. The molecule has 6 heteroatoms. The summed E-state index contributed by atoms with van der Waals surface area (Å²) in [5.41, 5.74) is 9.77. The first kappa shape index (κ1) is 29.6. The van der Waals surface area contributed by atoms with Crippen molar-refractivity contribution in [1.29, 1.82) is 0 Å². The van der Waals surface area contributed by atoms with E-state index in [4.69, 9.17) is 18.3 Å². The zero-order valence-electron chi connectivity index (χ0n) is 26.9. The van der Waals surface area contributed by atoms with E-state index in [1.54, 1.807) is 24.3 Å². The van der Waals surface area contributed by atoms with Gasteiger partial charge >= 0.3 is 11.9 Å². The normalized spacial score (nSPS) is 17.4. The number of rotatable bonds is 6. The summed E-state index contributed by atoms with van der Waals surface area (Å²) >= 11 is 0. The molecule has 2 aromatic heterocycles. The van der Waals surface area contributed by atoms with E-state index in [1.165, 1.54) is 30.5 Å². The fourth-order valence-electron chi connectivity index (χ4n) is 7.43. The smallest absolute Gasteiger partial charge is 0.308 e. The summed E-state index contributed by atoms with van der Waals surface area (Å²) in [6.45, 7) is 11.6. The van der Waals surface area contributed by atoms with Gasteiger partial charge in [0, 0.05) is 52.8 Å². The highest BCUT2D eigenvalue weighted by Gasteiger charge is 2.39. The van der Waals surface area contributed by atoms with E-state index < -0.39 is 0 Å². The molecule has 0 saturated heterocycles. The van der Waals surface area contributed by atoms with Crippen LogP contribution in [0.4, 0.5) is 0 Å². The highest BCUT2D eigenvalue weighted by molar-refractivity contribution is 5.91. The van der Waals surface area contributed by atoms with E-state index in [0.29, 0.717) is 23.3 Å². The molecule has 1 aliphatic rings. The Morgan fingerprint density at radius 2 is 1.20 bits per heavy atom. The van der Waals surface area contributed by atoms with E-state index in [0.717, 1.165) is 62.1 Å². The topological polar surface area (TPSA) is 78.9 Å². The Balaban J connectivity index is 1.27. The third-order valence-electron chi connectivity index (χ3n) is 9.55. The van der Waals surface area contributed by atoms with E-state index in [-0.39, 0.29) is 17.9 Å². The molecule has 6 nitrogen and oxygen atoms in total. The van der Waals surface area contributed by atoms with Crippen molar-refractivity contribution in [2.45, 2.75) is 59.8 Å². The molecular formula is C40H36O6. The average molecular weight is 613 g/mol. The second-order valence-corrected chi connectivity index (χ2v) is 12.4. The SMILES string of the molecule is CC[C@H]1c2cc3c(C)c(-c4ccc(OC(C)=O)cc4)oc3cc2[C@@H](c2ccc3oc(-c4ccc(OC(C)=O)cc4)c(C)c3c2)[C@@H]1C. The molecular weight excluding hydrogens is 576 g/mol. The molecule has 0 N–H and O–H groups in total. The minimum absolute atomic E-state index is 0.214. The van der Waals surface area contributed by atoms with Crippen LogP contribution in [0.1, 0.15) is 73.8 Å². The van der Waals surface area contributed by atoms with Crippen molar-refractivity contribution < 1.29 is 27.9 Å². The minimum Gasteiger partial charge on any atom is -0.456 e. The number of hydrogen-bond donors (Lipinski definition) is 0. The van der Waals surface area contributed by atoms with Gasteiger partial charge in [0.15, 0.2) is 0 Å². The maximum absolute atomic E-state index is 11.4. The Hall–Kier alpha value is -5.10. The van der Waals surface area contributed by atoms with E-state index in [9.17, 15) is 9.59 Å². The first-order valence-corrected chi connectivity index (χ1v) is 15.8. The summed E-state index contributed by atoms with van der Waals surface area (Å²) in [6.07, 6.45) is 1.05. The molecule has 46 heavy (non-hydrogen) atoms. The zero-order chi connectivity index (χ0) is 32.3. The third kappa shape index (κ3) is 4.98. The number of esters is 2. The van der Waals surface area contributed by atoms with Gasteiger partial charge in [0.1, 0.15) is 34.2 Å². The minimum atomic E-state index is -0.344. The molecule has 1 aliphatic carbocycles. The number of benzene rings is 4. The molecule has 0 fully saturated rings. The predicted molar refractivity (Wildman–Crippen MR) is 179 cm³/mol. The zero-order valence-corrected chi connectivity index (χ0v) is 26.9. The number of carbonyl (C=O) groups is 2. The molecule has 0 spiro atoms. The van der Waals surface area contributed by atoms with Crippen molar-refractivity contribution in [3.05, 3.63) is 107 Å². The number of ether oxygens (including phenoxy) is 2. The molecule has 0 aliphatic heterocycles. The van der Waals surface area contributed by atoms with Crippen LogP contribution >= 0.6 is 0 Å². The Bertz CT molecular complexity index is 2130. The number of fused-ring (bicyclic) bond motifs is 3. The first-order valence-electron chi connectivity index (χ1n) is 15.8. The summed E-state index contributed by atoms with van der Waals surface area (Å²) in [5.74, 6) is 3.04. The monoisotopic (exact) mass is 612 g/mol.